The van der Waals surface area contributed by atoms with E-state index in [4.69, 9.17) is 9.63 Å². The second-order valence-electron chi connectivity index (χ2n) is 3.72. The SMILES string of the molecule is CC(NC(=O)NCc1ccno1)C(C)C(=O)O. The van der Waals surface area contributed by atoms with Crippen LogP contribution >= 0.6 is 0 Å². The van der Waals surface area contributed by atoms with Crippen molar-refractivity contribution in [3.05, 3.63) is 18.0 Å². The van der Waals surface area contributed by atoms with E-state index < -0.39 is 24.0 Å². The lowest BCUT2D eigenvalue weighted by Gasteiger charge is -2.17. The van der Waals surface area contributed by atoms with Crippen LogP contribution in [-0.2, 0) is 11.3 Å². The topological polar surface area (TPSA) is 104 Å². The number of nitrogens with zero attached hydrogens (tertiary/aromatic N) is 1. The zero-order valence-corrected chi connectivity index (χ0v) is 9.64. The summed E-state index contributed by atoms with van der Waals surface area (Å²) in [5, 5.41) is 17.3. The summed E-state index contributed by atoms with van der Waals surface area (Å²) in [4.78, 5) is 22.1. The molecule has 0 aliphatic carbocycles. The minimum Gasteiger partial charge on any atom is -0.481 e. The zero-order chi connectivity index (χ0) is 12.8. The summed E-state index contributed by atoms with van der Waals surface area (Å²) in [5.74, 6) is -1.07. The van der Waals surface area contributed by atoms with E-state index in [1.165, 1.54) is 13.1 Å². The molecule has 7 nitrogen and oxygen atoms in total. The summed E-state index contributed by atoms with van der Waals surface area (Å²) in [7, 11) is 0. The van der Waals surface area contributed by atoms with Gasteiger partial charge in [0.05, 0.1) is 18.7 Å². The third kappa shape index (κ3) is 4.13. The number of carbonyl (C=O) groups excluding carboxylic acids is 1. The van der Waals surface area contributed by atoms with Gasteiger partial charge in [-0.2, -0.15) is 0 Å². The van der Waals surface area contributed by atoms with E-state index in [0.29, 0.717) is 5.76 Å². The number of carboxylic acid groups (broad SMARTS) is 1. The fourth-order valence-corrected chi connectivity index (χ4v) is 1.10. The van der Waals surface area contributed by atoms with Crippen molar-refractivity contribution in [2.75, 3.05) is 0 Å². The van der Waals surface area contributed by atoms with Gasteiger partial charge in [0.2, 0.25) is 0 Å². The average molecular weight is 241 g/mol. The van der Waals surface area contributed by atoms with Crippen molar-refractivity contribution in [1.82, 2.24) is 15.8 Å². The summed E-state index contributed by atoms with van der Waals surface area (Å²) in [6.45, 7) is 3.37. The Kier molecular flexibility index (Phi) is 4.50. The van der Waals surface area contributed by atoms with Gasteiger partial charge in [0, 0.05) is 12.1 Å². The fourth-order valence-electron chi connectivity index (χ4n) is 1.10. The third-order valence-corrected chi connectivity index (χ3v) is 2.41. The van der Waals surface area contributed by atoms with Gasteiger partial charge >= 0.3 is 12.0 Å². The first kappa shape index (κ1) is 13.0. The number of carboxylic acids is 1. The molecule has 0 aliphatic heterocycles. The van der Waals surface area contributed by atoms with Crippen LogP contribution in [0.1, 0.15) is 19.6 Å². The van der Waals surface area contributed by atoms with E-state index >= 15 is 0 Å². The Hall–Kier alpha value is -2.05. The molecule has 0 spiro atoms. The summed E-state index contributed by atoms with van der Waals surface area (Å²) in [6, 6.07) is 0.730. The first-order chi connectivity index (χ1) is 8.00. The number of urea groups is 1. The second kappa shape index (κ2) is 5.88. The van der Waals surface area contributed by atoms with Gasteiger partial charge in [-0.1, -0.05) is 5.16 Å². The van der Waals surface area contributed by atoms with E-state index in [1.807, 2.05) is 0 Å². The van der Waals surface area contributed by atoms with Crippen molar-refractivity contribution < 1.29 is 19.2 Å². The van der Waals surface area contributed by atoms with Crippen LogP contribution in [0.25, 0.3) is 0 Å². The van der Waals surface area contributed by atoms with E-state index in [0.717, 1.165) is 0 Å². The van der Waals surface area contributed by atoms with Gasteiger partial charge < -0.3 is 20.3 Å². The minimum atomic E-state index is -0.951. The highest BCUT2D eigenvalue weighted by Crippen LogP contribution is 2.02. The number of rotatable bonds is 5. The van der Waals surface area contributed by atoms with Crippen LogP contribution in [0.2, 0.25) is 0 Å². The standard InChI is InChI=1S/C10H15N3O4/c1-6(9(14)15)7(2)13-10(16)11-5-8-3-4-12-17-8/h3-4,6-7H,5H2,1-2H3,(H,14,15)(H2,11,13,16). The lowest BCUT2D eigenvalue weighted by molar-refractivity contribution is -0.141. The number of aliphatic carboxylic acids is 1. The molecule has 1 heterocycles. The molecular formula is C10H15N3O4. The molecule has 1 rings (SSSR count). The van der Waals surface area contributed by atoms with Crippen LogP contribution in [0.5, 0.6) is 0 Å². The minimum absolute atomic E-state index is 0.208. The summed E-state index contributed by atoms with van der Waals surface area (Å²) in [6.07, 6.45) is 1.48. The van der Waals surface area contributed by atoms with Crippen molar-refractivity contribution in [3.8, 4) is 0 Å². The van der Waals surface area contributed by atoms with Crippen molar-refractivity contribution in [2.24, 2.45) is 5.92 Å². The Labute approximate surface area is 98.2 Å². The maximum absolute atomic E-state index is 11.4. The van der Waals surface area contributed by atoms with Gasteiger partial charge in [-0.25, -0.2) is 4.79 Å². The van der Waals surface area contributed by atoms with E-state index in [2.05, 4.69) is 15.8 Å². The van der Waals surface area contributed by atoms with Gasteiger partial charge in [-0.3, -0.25) is 4.79 Å². The van der Waals surface area contributed by atoms with Crippen LogP contribution in [0.3, 0.4) is 0 Å². The highest BCUT2D eigenvalue weighted by atomic mass is 16.5. The Bertz CT molecular complexity index is 377. The molecule has 17 heavy (non-hydrogen) atoms. The summed E-state index contributed by atoms with van der Waals surface area (Å²) < 4.78 is 4.79. The molecular weight excluding hydrogens is 226 g/mol. The van der Waals surface area contributed by atoms with E-state index in [1.54, 1.807) is 13.0 Å². The number of hydrogen-bond donors (Lipinski definition) is 3. The van der Waals surface area contributed by atoms with Crippen molar-refractivity contribution in [2.45, 2.75) is 26.4 Å². The molecule has 0 saturated carbocycles. The van der Waals surface area contributed by atoms with Crippen molar-refractivity contribution in [1.29, 1.82) is 0 Å². The average Bonchev–Trinajstić information content (AvgIpc) is 2.77. The molecule has 2 unspecified atom stereocenters. The molecule has 0 radical (unpaired) electrons. The van der Waals surface area contributed by atoms with Gasteiger partial charge in [-0.05, 0) is 13.8 Å². The number of carbonyl (C=O) groups is 2. The molecule has 1 aromatic heterocycles. The van der Waals surface area contributed by atoms with Crippen molar-refractivity contribution in [3.63, 3.8) is 0 Å². The van der Waals surface area contributed by atoms with Crippen LogP contribution in [-0.4, -0.2) is 28.3 Å². The molecule has 2 amide bonds. The molecule has 0 fully saturated rings. The predicted molar refractivity (Wildman–Crippen MR) is 58.1 cm³/mol. The van der Waals surface area contributed by atoms with E-state index in [-0.39, 0.29) is 6.54 Å². The largest absolute Gasteiger partial charge is 0.481 e. The summed E-state index contributed by atoms with van der Waals surface area (Å²) in [5.41, 5.74) is 0. The quantitative estimate of drug-likeness (QED) is 0.699. The number of nitrogens with one attached hydrogen (secondary N) is 2. The molecule has 0 aliphatic rings. The number of aromatic nitrogens is 1. The second-order valence-corrected chi connectivity index (χ2v) is 3.72. The normalized spacial score (nSPS) is 13.8. The Morgan fingerprint density at radius 3 is 2.76 bits per heavy atom. The maximum Gasteiger partial charge on any atom is 0.315 e. The fraction of sp³-hybridized carbons (Fsp3) is 0.500. The molecule has 3 N–H and O–H groups in total. The summed E-state index contributed by atoms with van der Waals surface area (Å²) >= 11 is 0. The Balaban J connectivity index is 2.32. The zero-order valence-electron chi connectivity index (χ0n) is 9.64. The van der Waals surface area contributed by atoms with Gasteiger partial charge in [0.25, 0.3) is 0 Å². The number of hydrogen-bond acceptors (Lipinski definition) is 4. The van der Waals surface area contributed by atoms with Crippen molar-refractivity contribution >= 4 is 12.0 Å². The number of amides is 2. The van der Waals surface area contributed by atoms with Gasteiger partial charge in [-0.15, -0.1) is 0 Å². The highest BCUT2D eigenvalue weighted by molar-refractivity contribution is 5.76. The first-order valence-corrected chi connectivity index (χ1v) is 5.17. The maximum atomic E-state index is 11.4. The molecule has 0 aromatic carbocycles. The lowest BCUT2D eigenvalue weighted by atomic mass is 10.0. The smallest absolute Gasteiger partial charge is 0.315 e. The molecule has 0 bridgehead atoms. The van der Waals surface area contributed by atoms with Gasteiger partial charge in [0.15, 0.2) is 5.76 Å². The molecule has 0 saturated heterocycles. The van der Waals surface area contributed by atoms with Gasteiger partial charge in [0.1, 0.15) is 0 Å². The monoisotopic (exact) mass is 241 g/mol. The highest BCUT2D eigenvalue weighted by Gasteiger charge is 2.20. The third-order valence-electron chi connectivity index (χ3n) is 2.41. The Morgan fingerprint density at radius 2 is 2.24 bits per heavy atom. The first-order valence-electron chi connectivity index (χ1n) is 5.17. The molecule has 7 heteroatoms. The lowest BCUT2D eigenvalue weighted by Crippen LogP contribution is -2.44. The molecule has 2 atom stereocenters. The van der Waals surface area contributed by atoms with Crippen LogP contribution in [0, 0.1) is 5.92 Å². The predicted octanol–water partition coefficient (Wildman–Crippen LogP) is 0.583. The molecule has 1 aromatic rings. The molecule has 94 valence electrons. The Morgan fingerprint density at radius 1 is 1.53 bits per heavy atom. The van der Waals surface area contributed by atoms with Crippen LogP contribution < -0.4 is 10.6 Å². The van der Waals surface area contributed by atoms with E-state index in [9.17, 15) is 9.59 Å². The van der Waals surface area contributed by atoms with Crippen LogP contribution in [0.15, 0.2) is 16.8 Å². The van der Waals surface area contributed by atoms with Crippen LogP contribution in [0.4, 0.5) is 4.79 Å².